The predicted octanol–water partition coefficient (Wildman–Crippen LogP) is 2.56. The number of hydrogen-bond acceptors (Lipinski definition) is 5. The highest BCUT2D eigenvalue weighted by Gasteiger charge is 2.18. The van der Waals surface area contributed by atoms with Gasteiger partial charge in [0.05, 0.1) is 17.1 Å². The predicted molar refractivity (Wildman–Crippen MR) is 77.3 cm³/mol. The number of benzene rings is 1. The van der Waals surface area contributed by atoms with Crippen LogP contribution in [0.1, 0.15) is 11.4 Å². The molecule has 20 heavy (non-hydrogen) atoms. The SMILES string of the molecule is Cc1nc2scc(-c3ccc4c(c3)OCO4)n2c1CN. The highest BCUT2D eigenvalue weighted by atomic mass is 32.1. The van der Waals surface area contributed by atoms with Crippen molar-refractivity contribution < 1.29 is 9.47 Å². The van der Waals surface area contributed by atoms with Gasteiger partial charge in [-0.15, -0.1) is 11.3 Å². The van der Waals surface area contributed by atoms with E-state index in [1.54, 1.807) is 11.3 Å². The second kappa shape index (κ2) is 4.22. The third-order valence-electron chi connectivity index (χ3n) is 3.52. The Hall–Kier alpha value is -2.05. The van der Waals surface area contributed by atoms with Gasteiger partial charge in [-0.05, 0) is 25.1 Å². The lowest BCUT2D eigenvalue weighted by atomic mass is 10.1. The summed E-state index contributed by atoms with van der Waals surface area (Å²) in [4.78, 5) is 5.52. The molecule has 0 amide bonds. The Morgan fingerprint density at radius 2 is 2.20 bits per heavy atom. The summed E-state index contributed by atoms with van der Waals surface area (Å²) in [6.45, 7) is 2.75. The first-order chi connectivity index (χ1) is 9.78. The van der Waals surface area contributed by atoms with E-state index in [0.717, 1.165) is 39.1 Å². The second-order valence-corrected chi connectivity index (χ2v) is 5.49. The molecule has 1 aliphatic rings. The molecule has 3 heterocycles. The Morgan fingerprint density at radius 3 is 3.05 bits per heavy atom. The molecule has 6 heteroatoms. The molecule has 0 radical (unpaired) electrons. The van der Waals surface area contributed by atoms with Crippen LogP contribution in [0.15, 0.2) is 23.6 Å². The fraction of sp³-hybridized carbons (Fsp3) is 0.214. The molecule has 0 unspecified atom stereocenters. The number of rotatable bonds is 2. The quantitative estimate of drug-likeness (QED) is 0.787. The Labute approximate surface area is 119 Å². The van der Waals surface area contributed by atoms with E-state index in [1.165, 1.54) is 0 Å². The Balaban J connectivity index is 1.94. The van der Waals surface area contributed by atoms with E-state index < -0.39 is 0 Å². The monoisotopic (exact) mass is 287 g/mol. The second-order valence-electron chi connectivity index (χ2n) is 4.65. The maximum atomic E-state index is 5.86. The van der Waals surface area contributed by atoms with Crippen LogP contribution in [0.3, 0.4) is 0 Å². The molecular formula is C14H13N3O2S. The van der Waals surface area contributed by atoms with Crippen LogP contribution in [-0.4, -0.2) is 16.2 Å². The molecule has 0 saturated carbocycles. The van der Waals surface area contributed by atoms with Gasteiger partial charge in [0.1, 0.15) is 0 Å². The zero-order valence-electron chi connectivity index (χ0n) is 10.9. The van der Waals surface area contributed by atoms with Crippen LogP contribution < -0.4 is 15.2 Å². The molecule has 3 aromatic rings. The van der Waals surface area contributed by atoms with Crippen LogP contribution in [0.4, 0.5) is 0 Å². The van der Waals surface area contributed by atoms with Crippen LogP contribution in [0, 0.1) is 6.92 Å². The Bertz CT molecular complexity index is 806. The summed E-state index contributed by atoms with van der Waals surface area (Å²) in [5.41, 5.74) is 10.1. The van der Waals surface area contributed by atoms with Gasteiger partial charge in [0.25, 0.3) is 0 Å². The third-order valence-corrected chi connectivity index (χ3v) is 4.35. The summed E-state index contributed by atoms with van der Waals surface area (Å²) in [6.07, 6.45) is 0. The summed E-state index contributed by atoms with van der Waals surface area (Å²) in [7, 11) is 0. The minimum absolute atomic E-state index is 0.288. The molecule has 1 aliphatic heterocycles. The van der Waals surface area contributed by atoms with Gasteiger partial charge in [-0.1, -0.05) is 0 Å². The molecule has 0 bridgehead atoms. The number of fused-ring (bicyclic) bond motifs is 2. The maximum Gasteiger partial charge on any atom is 0.231 e. The van der Waals surface area contributed by atoms with Crippen molar-refractivity contribution in [3.63, 3.8) is 0 Å². The molecule has 102 valence electrons. The molecule has 0 spiro atoms. The molecule has 0 atom stereocenters. The number of nitrogens with two attached hydrogens (primary N) is 1. The summed E-state index contributed by atoms with van der Waals surface area (Å²) in [5.74, 6) is 1.58. The van der Waals surface area contributed by atoms with E-state index in [-0.39, 0.29) is 6.79 Å². The van der Waals surface area contributed by atoms with Crippen LogP contribution in [-0.2, 0) is 6.54 Å². The molecule has 5 nitrogen and oxygen atoms in total. The number of thiazole rings is 1. The van der Waals surface area contributed by atoms with Crippen molar-refractivity contribution >= 4 is 16.3 Å². The smallest absolute Gasteiger partial charge is 0.231 e. The number of hydrogen-bond donors (Lipinski definition) is 1. The Morgan fingerprint density at radius 1 is 1.35 bits per heavy atom. The van der Waals surface area contributed by atoms with Gasteiger partial charge in [-0.3, -0.25) is 4.40 Å². The largest absolute Gasteiger partial charge is 0.454 e. The molecule has 1 aromatic carbocycles. The van der Waals surface area contributed by atoms with Crippen molar-refractivity contribution in [2.75, 3.05) is 6.79 Å². The standard InChI is InChI=1S/C14H13N3O2S/c1-8-10(5-15)17-11(6-20-14(17)16-8)9-2-3-12-13(4-9)19-7-18-12/h2-4,6H,5,7,15H2,1H3. The Kier molecular flexibility index (Phi) is 2.48. The molecule has 2 N–H and O–H groups in total. The van der Waals surface area contributed by atoms with Crippen LogP contribution in [0.2, 0.25) is 0 Å². The van der Waals surface area contributed by atoms with Gasteiger partial charge < -0.3 is 15.2 Å². The summed E-state index contributed by atoms with van der Waals surface area (Å²) >= 11 is 1.62. The summed E-state index contributed by atoms with van der Waals surface area (Å²) in [5, 5.41) is 2.10. The van der Waals surface area contributed by atoms with Gasteiger partial charge in [-0.2, -0.15) is 0 Å². The van der Waals surface area contributed by atoms with Gasteiger partial charge in [0.2, 0.25) is 6.79 Å². The number of aromatic nitrogens is 2. The maximum absolute atomic E-state index is 5.86. The van der Waals surface area contributed by atoms with E-state index in [2.05, 4.69) is 14.8 Å². The molecule has 0 aliphatic carbocycles. The van der Waals surface area contributed by atoms with Crippen molar-refractivity contribution in [1.82, 2.24) is 9.38 Å². The van der Waals surface area contributed by atoms with E-state index in [4.69, 9.17) is 15.2 Å². The first-order valence-electron chi connectivity index (χ1n) is 6.33. The lowest BCUT2D eigenvalue weighted by Crippen LogP contribution is -2.03. The van der Waals surface area contributed by atoms with E-state index >= 15 is 0 Å². The van der Waals surface area contributed by atoms with E-state index in [0.29, 0.717) is 6.54 Å². The number of aryl methyl sites for hydroxylation is 1. The van der Waals surface area contributed by atoms with Crippen LogP contribution in [0.5, 0.6) is 11.5 Å². The van der Waals surface area contributed by atoms with Crippen LogP contribution in [0.25, 0.3) is 16.2 Å². The normalized spacial score (nSPS) is 13.3. The van der Waals surface area contributed by atoms with Gasteiger partial charge >= 0.3 is 0 Å². The van der Waals surface area contributed by atoms with Crippen molar-refractivity contribution in [1.29, 1.82) is 0 Å². The third kappa shape index (κ3) is 1.55. The first-order valence-corrected chi connectivity index (χ1v) is 7.21. The summed E-state index contributed by atoms with van der Waals surface area (Å²) in [6, 6.07) is 5.97. The summed E-state index contributed by atoms with van der Waals surface area (Å²) < 4.78 is 12.9. The average molecular weight is 287 g/mol. The van der Waals surface area contributed by atoms with Crippen molar-refractivity contribution in [2.24, 2.45) is 5.73 Å². The lowest BCUT2D eigenvalue weighted by molar-refractivity contribution is 0.174. The van der Waals surface area contributed by atoms with Crippen LogP contribution >= 0.6 is 11.3 Å². The molecule has 4 rings (SSSR count). The van der Waals surface area contributed by atoms with Gasteiger partial charge in [0, 0.05) is 17.5 Å². The van der Waals surface area contributed by atoms with Crippen molar-refractivity contribution in [3.8, 4) is 22.8 Å². The fourth-order valence-electron chi connectivity index (χ4n) is 2.52. The van der Waals surface area contributed by atoms with E-state index in [9.17, 15) is 0 Å². The van der Waals surface area contributed by atoms with Gasteiger partial charge in [-0.25, -0.2) is 4.98 Å². The average Bonchev–Trinajstić information content (AvgIpc) is 3.11. The van der Waals surface area contributed by atoms with Gasteiger partial charge in [0.15, 0.2) is 16.5 Å². The van der Waals surface area contributed by atoms with Crippen molar-refractivity contribution in [2.45, 2.75) is 13.5 Å². The molecule has 0 fully saturated rings. The topological polar surface area (TPSA) is 61.8 Å². The highest BCUT2D eigenvalue weighted by Crippen LogP contribution is 2.37. The lowest BCUT2D eigenvalue weighted by Gasteiger charge is -2.05. The van der Waals surface area contributed by atoms with E-state index in [1.807, 2.05) is 25.1 Å². The minimum Gasteiger partial charge on any atom is -0.454 e. The molecule has 0 saturated heterocycles. The number of ether oxygens (including phenoxy) is 2. The molecule has 2 aromatic heterocycles. The minimum atomic E-state index is 0.288. The zero-order valence-corrected chi connectivity index (χ0v) is 11.7. The molecular weight excluding hydrogens is 274 g/mol. The van der Waals surface area contributed by atoms with Crippen molar-refractivity contribution in [3.05, 3.63) is 35.0 Å². The number of nitrogens with zero attached hydrogens (tertiary/aromatic N) is 2. The first kappa shape index (κ1) is 11.7. The zero-order chi connectivity index (χ0) is 13.7. The highest BCUT2D eigenvalue weighted by molar-refractivity contribution is 7.15. The fourth-order valence-corrected chi connectivity index (χ4v) is 3.48. The number of imidazole rings is 1.